The molecule has 1 aromatic carbocycles. The number of halogens is 4. The van der Waals surface area contributed by atoms with E-state index in [1.807, 2.05) is 0 Å². The smallest absolute Gasteiger partial charge is 0.496 e. The van der Waals surface area contributed by atoms with Crippen molar-refractivity contribution in [3.63, 3.8) is 0 Å². The highest BCUT2D eigenvalue weighted by Crippen LogP contribution is 2.38. The molecule has 0 bridgehead atoms. The Morgan fingerprint density at radius 1 is 1.14 bits per heavy atom. The molecule has 0 atom stereocenters. The number of alkyl halides is 3. The van der Waals surface area contributed by atoms with Crippen molar-refractivity contribution in [2.45, 2.75) is 39.1 Å². The number of rotatable bonds is 8. The largest absolute Gasteiger partial charge is 0.573 e. The van der Waals surface area contributed by atoms with E-state index in [9.17, 15) is 13.2 Å². The van der Waals surface area contributed by atoms with Crippen LogP contribution in [0.25, 0.3) is 11.3 Å². The summed E-state index contributed by atoms with van der Waals surface area (Å²) in [7, 11) is 3.08. The molecular weight excluding hydrogens is 441 g/mol. The van der Waals surface area contributed by atoms with Crippen molar-refractivity contribution >= 4 is 27.6 Å². The van der Waals surface area contributed by atoms with Gasteiger partial charge in [-0.25, -0.2) is 9.97 Å². The molecule has 0 unspecified atom stereocenters. The maximum atomic E-state index is 12.5. The third kappa shape index (κ3) is 5.40. The predicted molar refractivity (Wildman–Crippen MR) is 106 cm³/mol. The average molecular weight is 463 g/mol. The molecule has 0 aliphatic carbocycles. The van der Waals surface area contributed by atoms with E-state index in [0.29, 0.717) is 27.5 Å². The quantitative estimate of drug-likeness (QED) is 0.543. The average Bonchev–Trinajstić information content (AvgIpc) is 2.65. The molecule has 6 nitrogen and oxygen atoms in total. The zero-order chi connectivity index (χ0) is 20.9. The van der Waals surface area contributed by atoms with E-state index in [4.69, 9.17) is 4.74 Å². The molecule has 0 amide bonds. The molecule has 154 valence electrons. The Balaban J connectivity index is 2.47. The monoisotopic (exact) mass is 462 g/mol. The van der Waals surface area contributed by atoms with Crippen molar-refractivity contribution < 1.29 is 22.6 Å². The van der Waals surface area contributed by atoms with Crippen LogP contribution in [0.15, 0.2) is 22.8 Å². The number of nitrogens with one attached hydrogen (secondary N) is 2. The fourth-order valence-electron chi connectivity index (χ4n) is 2.61. The molecule has 28 heavy (non-hydrogen) atoms. The number of aromatic nitrogens is 2. The van der Waals surface area contributed by atoms with Crippen LogP contribution < -0.4 is 20.1 Å². The summed E-state index contributed by atoms with van der Waals surface area (Å²) < 4.78 is 47.0. The van der Waals surface area contributed by atoms with Crippen LogP contribution in [-0.4, -0.2) is 36.5 Å². The summed E-state index contributed by atoms with van der Waals surface area (Å²) in [5.41, 5.74) is 0.900. The first kappa shape index (κ1) is 22.1. The van der Waals surface area contributed by atoms with Crippen LogP contribution in [0.1, 0.15) is 26.7 Å². The summed E-state index contributed by atoms with van der Waals surface area (Å²) in [6.07, 6.45) is -2.93. The number of nitrogens with zero attached hydrogens (tertiary/aromatic N) is 2. The van der Waals surface area contributed by atoms with Gasteiger partial charge in [0.15, 0.2) is 11.6 Å². The molecule has 1 heterocycles. The van der Waals surface area contributed by atoms with E-state index in [1.165, 1.54) is 19.2 Å². The van der Waals surface area contributed by atoms with Gasteiger partial charge in [-0.3, -0.25) is 0 Å². The van der Waals surface area contributed by atoms with Gasteiger partial charge in [0, 0.05) is 24.7 Å². The fourth-order valence-corrected chi connectivity index (χ4v) is 3.09. The number of anilines is 2. The topological polar surface area (TPSA) is 68.3 Å². The summed E-state index contributed by atoms with van der Waals surface area (Å²) in [4.78, 5) is 9.10. The summed E-state index contributed by atoms with van der Waals surface area (Å²) in [6.45, 7) is 4.15. The van der Waals surface area contributed by atoms with Crippen LogP contribution in [-0.2, 0) is 0 Å². The van der Waals surface area contributed by atoms with Gasteiger partial charge in [-0.1, -0.05) is 13.8 Å². The van der Waals surface area contributed by atoms with Gasteiger partial charge in [0.25, 0.3) is 0 Å². The zero-order valence-corrected chi connectivity index (χ0v) is 17.5. The lowest BCUT2D eigenvalue weighted by Gasteiger charge is -2.19. The lowest BCUT2D eigenvalue weighted by atomic mass is 10.1. The zero-order valence-electron chi connectivity index (χ0n) is 15.9. The third-order valence-electron chi connectivity index (χ3n) is 4.08. The van der Waals surface area contributed by atoms with Crippen LogP contribution >= 0.6 is 15.9 Å². The first-order valence-electron chi connectivity index (χ1n) is 8.68. The highest BCUT2D eigenvalue weighted by molar-refractivity contribution is 9.10. The van der Waals surface area contributed by atoms with Gasteiger partial charge < -0.3 is 20.1 Å². The molecule has 0 fully saturated rings. The molecule has 0 saturated carbocycles. The van der Waals surface area contributed by atoms with Crippen molar-refractivity contribution in [3.8, 4) is 22.8 Å². The Labute approximate surface area is 170 Å². The van der Waals surface area contributed by atoms with Gasteiger partial charge >= 0.3 is 6.36 Å². The minimum absolute atomic E-state index is 0.180. The lowest BCUT2D eigenvalue weighted by Crippen LogP contribution is -2.19. The summed E-state index contributed by atoms with van der Waals surface area (Å²) in [6, 6.07) is 4.05. The maximum Gasteiger partial charge on any atom is 0.573 e. The van der Waals surface area contributed by atoms with Gasteiger partial charge in [-0.15, -0.1) is 13.2 Å². The number of ether oxygens (including phenoxy) is 2. The number of hydrogen-bond acceptors (Lipinski definition) is 6. The predicted octanol–water partition coefficient (Wildman–Crippen LogP) is 5.46. The molecule has 0 aliphatic heterocycles. The molecule has 0 aliphatic rings. The number of hydrogen-bond donors (Lipinski definition) is 2. The van der Waals surface area contributed by atoms with E-state index in [1.54, 1.807) is 7.05 Å². The second kappa shape index (κ2) is 9.31. The Kier molecular flexibility index (Phi) is 7.34. The highest BCUT2D eigenvalue weighted by Gasteiger charge is 2.31. The first-order chi connectivity index (χ1) is 13.2. The lowest BCUT2D eigenvalue weighted by molar-refractivity contribution is -0.274. The van der Waals surface area contributed by atoms with E-state index in [2.05, 4.69) is 55.1 Å². The third-order valence-corrected chi connectivity index (χ3v) is 4.63. The van der Waals surface area contributed by atoms with Crippen LogP contribution in [0.4, 0.5) is 24.8 Å². The van der Waals surface area contributed by atoms with Crippen molar-refractivity contribution in [3.05, 3.63) is 22.8 Å². The van der Waals surface area contributed by atoms with Crippen molar-refractivity contribution in [1.29, 1.82) is 0 Å². The van der Waals surface area contributed by atoms with Gasteiger partial charge in [0.2, 0.25) is 0 Å². The summed E-state index contributed by atoms with van der Waals surface area (Å²) in [5.74, 6) is 0.906. The SMILES string of the molecule is CCC(CC)Nc1nc(Br)c(-c2ccc(OC(F)(F)F)cc2OC)nc1NC. The Hall–Kier alpha value is -2.23. The standard InChI is InChI=1S/C18H22BrF3N4O2/c1-5-10(6-2)24-17-16(23-3)25-14(15(19)26-17)12-8-7-11(9-13(12)27-4)28-18(20,21)22/h7-10H,5-6H2,1-4H3,(H,23,25)(H,24,26). The fraction of sp³-hybridized carbons (Fsp3) is 0.444. The van der Waals surface area contributed by atoms with E-state index in [-0.39, 0.29) is 17.5 Å². The second-order valence-electron chi connectivity index (χ2n) is 5.88. The van der Waals surface area contributed by atoms with Crippen molar-refractivity contribution in [2.75, 3.05) is 24.8 Å². The molecule has 1 aromatic heterocycles. The van der Waals surface area contributed by atoms with Gasteiger partial charge in [-0.2, -0.15) is 0 Å². The van der Waals surface area contributed by atoms with Crippen LogP contribution in [0.3, 0.4) is 0 Å². The van der Waals surface area contributed by atoms with Gasteiger partial charge in [0.1, 0.15) is 21.8 Å². The Morgan fingerprint density at radius 2 is 1.82 bits per heavy atom. The minimum atomic E-state index is -4.78. The van der Waals surface area contributed by atoms with Crippen LogP contribution in [0.2, 0.25) is 0 Å². The maximum absolute atomic E-state index is 12.5. The molecule has 2 aromatic rings. The van der Waals surface area contributed by atoms with E-state index < -0.39 is 6.36 Å². The second-order valence-corrected chi connectivity index (χ2v) is 6.63. The minimum Gasteiger partial charge on any atom is -0.496 e. The van der Waals surface area contributed by atoms with Crippen LogP contribution in [0, 0.1) is 0 Å². The Bertz CT molecular complexity index is 814. The van der Waals surface area contributed by atoms with E-state index >= 15 is 0 Å². The molecule has 2 N–H and O–H groups in total. The molecule has 10 heteroatoms. The van der Waals surface area contributed by atoms with Crippen molar-refractivity contribution in [2.24, 2.45) is 0 Å². The first-order valence-corrected chi connectivity index (χ1v) is 9.47. The van der Waals surface area contributed by atoms with Crippen molar-refractivity contribution in [1.82, 2.24) is 9.97 Å². The van der Waals surface area contributed by atoms with E-state index in [0.717, 1.165) is 18.9 Å². The number of benzene rings is 1. The van der Waals surface area contributed by atoms with Crippen LogP contribution in [0.5, 0.6) is 11.5 Å². The van der Waals surface area contributed by atoms with Gasteiger partial charge in [-0.05, 0) is 40.9 Å². The molecule has 0 saturated heterocycles. The molecule has 0 spiro atoms. The molecular formula is C18H22BrF3N4O2. The normalized spacial score (nSPS) is 11.5. The number of methoxy groups -OCH3 is 1. The summed E-state index contributed by atoms with van der Waals surface area (Å²) in [5, 5.41) is 6.33. The molecule has 0 radical (unpaired) electrons. The molecule has 2 rings (SSSR count). The summed E-state index contributed by atoms with van der Waals surface area (Å²) >= 11 is 3.40. The Morgan fingerprint density at radius 3 is 2.36 bits per heavy atom. The van der Waals surface area contributed by atoms with Gasteiger partial charge in [0.05, 0.1) is 7.11 Å². The highest BCUT2D eigenvalue weighted by atomic mass is 79.9.